The largest absolute Gasteiger partial charge is 0.444 e. The summed E-state index contributed by atoms with van der Waals surface area (Å²) in [5.74, 6) is 0. The van der Waals surface area contributed by atoms with Crippen LogP contribution in [0.2, 0.25) is 0 Å². The molecule has 0 spiro atoms. The smallest absolute Gasteiger partial charge is 0.410 e. The summed E-state index contributed by atoms with van der Waals surface area (Å²) in [6.45, 7) is 15.3. The zero-order valence-corrected chi connectivity index (χ0v) is 21.8. The topological polar surface area (TPSA) is 102 Å². The summed E-state index contributed by atoms with van der Waals surface area (Å²) in [4.78, 5) is 26.5. The molecule has 0 saturated carbocycles. The number of amides is 2. The van der Waals surface area contributed by atoms with Crippen molar-refractivity contribution in [1.82, 2.24) is 9.80 Å². The molecule has 0 unspecified atom stereocenters. The molecule has 2 aliphatic heterocycles. The Hall–Kier alpha value is -1.17. The Kier molecular flexibility index (Phi) is 10.4. The van der Waals surface area contributed by atoms with Crippen molar-refractivity contribution in [3.05, 3.63) is 0 Å². The van der Waals surface area contributed by atoms with Gasteiger partial charge in [-0.25, -0.2) is 9.59 Å². The number of carbonyl (C=O) groups is 2. The van der Waals surface area contributed by atoms with Crippen LogP contribution in [-0.2, 0) is 23.1 Å². The number of hydrogen-bond donors (Lipinski definition) is 0. The molecule has 0 radical (unpaired) electrons. The minimum Gasteiger partial charge on any atom is -0.444 e. The number of nitrogens with zero attached hydrogens (tertiary/aromatic N) is 2. The van der Waals surface area contributed by atoms with Crippen LogP contribution < -0.4 is 0 Å². The highest BCUT2D eigenvalue weighted by Crippen LogP contribution is 2.48. The van der Waals surface area contributed by atoms with Crippen LogP contribution in [0.1, 0.15) is 48.5 Å². The molecule has 2 saturated heterocycles. The molecular weight excluding hydrogens is 442 g/mol. The average molecular weight is 481 g/mol. The van der Waals surface area contributed by atoms with Gasteiger partial charge in [0.15, 0.2) is 12.3 Å². The SMILES string of the molecule is CC(C)(C)OC(=O)N1CC[P+](=O)CC1.CCOP1(=O)CCN(C(=O)OC(C)(C)C)CC1. The van der Waals surface area contributed by atoms with E-state index in [1.165, 1.54) is 0 Å². The summed E-state index contributed by atoms with van der Waals surface area (Å²) < 4.78 is 38.9. The van der Waals surface area contributed by atoms with Crippen molar-refractivity contribution in [2.24, 2.45) is 0 Å². The zero-order valence-electron chi connectivity index (χ0n) is 20.0. The monoisotopic (exact) mass is 481 g/mol. The van der Waals surface area contributed by atoms with Gasteiger partial charge in [-0.15, -0.1) is 0 Å². The third-order valence-electron chi connectivity index (χ3n) is 4.33. The van der Waals surface area contributed by atoms with Gasteiger partial charge in [0.2, 0.25) is 7.37 Å². The van der Waals surface area contributed by atoms with Crippen molar-refractivity contribution < 1.29 is 32.7 Å². The molecule has 0 aromatic rings. The van der Waals surface area contributed by atoms with Gasteiger partial charge in [0, 0.05) is 25.4 Å². The fourth-order valence-corrected chi connectivity index (χ4v) is 6.04. The van der Waals surface area contributed by atoms with E-state index >= 15 is 0 Å². The molecule has 0 aliphatic carbocycles. The fourth-order valence-electron chi connectivity index (χ4n) is 2.84. The van der Waals surface area contributed by atoms with E-state index in [9.17, 15) is 18.7 Å². The average Bonchev–Trinajstić information content (AvgIpc) is 2.60. The Morgan fingerprint density at radius 2 is 1.23 bits per heavy atom. The molecule has 0 N–H and O–H groups in total. The van der Waals surface area contributed by atoms with E-state index in [4.69, 9.17) is 14.0 Å². The highest BCUT2D eigenvalue weighted by Gasteiger charge is 2.33. The molecule has 0 aromatic heterocycles. The predicted octanol–water partition coefficient (Wildman–Crippen LogP) is 4.62. The fraction of sp³-hybridized carbons (Fsp3) is 0.900. The van der Waals surface area contributed by atoms with Gasteiger partial charge in [-0.05, 0) is 48.5 Å². The van der Waals surface area contributed by atoms with Crippen molar-refractivity contribution >= 4 is 27.4 Å². The molecule has 2 fully saturated rings. The van der Waals surface area contributed by atoms with Crippen LogP contribution in [0.5, 0.6) is 0 Å². The molecule has 0 aromatic carbocycles. The van der Waals surface area contributed by atoms with Crippen molar-refractivity contribution in [2.45, 2.75) is 59.7 Å². The van der Waals surface area contributed by atoms with Gasteiger partial charge in [-0.3, -0.25) is 9.46 Å². The first-order chi connectivity index (χ1) is 14.1. The number of hydrogen-bond acceptors (Lipinski definition) is 7. The van der Waals surface area contributed by atoms with E-state index in [1.807, 2.05) is 48.5 Å². The van der Waals surface area contributed by atoms with Gasteiger partial charge in [0.25, 0.3) is 0 Å². The van der Waals surface area contributed by atoms with Crippen LogP contribution in [0.25, 0.3) is 0 Å². The van der Waals surface area contributed by atoms with Crippen molar-refractivity contribution in [3.8, 4) is 0 Å². The lowest BCUT2D eigenvalue weighted by molar-refractivity contribution is 0.0253. The molecule has 2 amide bonds. The van der Waals surface area contributed by atoms with E-state index in [2.05, 4.69) is 0 Å². The maximum absolute atomic E-state index is 12.1. The Labute approximate surface area is 187 Å². The first-order valence-electron chi connectivity index (χ1n) is 10.7. The molecule has 2 aliphatic rings. The minimum atomic E-state index is -2.49. The summed E-state index contributed by atoms with van der Waals surface area (Å²) in [5, 5.41) is 0. The molecule has 0 atom stereocenters. The van der Waals surface area contributed by atoms with Crippen LogP contribution in [0.4, 0.5) is 9.59 Å². The predicted molar refractivity (Wildman–Crippen MR) is 122 cm³/mol. The maximum atomic E-state index is 12.1. The van der Waals surface area contributed by atoms with Crippen LogP contribution in [0, 0.1) is 0 Å². The number of rotatable bonds is 2. The second-order valence-corrected chi connectivity index (χ2v) is 14.2. The van der Waals surface area contributed by atoms with Crippen LogP contribution in [-0.4, -0.2) is 90.6 Å². The van der Waals surface area contributed by atoms with E-state index in [1.54, 1.807) is 9.80 Å². The Bertz CT molecular complexity index is 664. The summed E-state index contributed by atoms with van der Waals surface area (Å²) in [7, 11) is -3.57. The van der Waals surface area contributed by atoms with Crippen LogP contribution in [0.15, 0.2) is 0 Å². The Balaban J connectivity index is 0.000000316. The van der Waals surface area contributed by atoms with E-state index in [-0.39, 0.29) is 12.2 Å². The van der Waals surface area contributed by atoms with Crippen LogP contribution >= 0.6 is 15.2 Å². The summed E-state index contributed by atoms with van der Waals surface area (Å²) in [6, 6.07) is 0. The highest BCUT2D eigenvalue weighted by atomic mass is 31.2. The maximum Gasteiger partial charge on any atom is 0.410 e. The molecule has 180 valence electrons. The van der Waals surface area contributed by atoms with Gasteiger partial charge < -0.3 is 18.9 Å². The summed E-state index contributed by atoms with van der Waals surface area (Å²) in [6.07, 6.45) is 1.45. The van der Waals surface area contributed by atoms with Gasteiger partial charge in [0.1, 0.15) is 11.2 Å². The van der Waals surface area contributed by atoms with Crippen molar-refractivity contribution in [3.63, 3.8) is 0 Å². The first kappa shape index (κ1) is 27.9. The van der Waals surface area contributed by atoms with Gasteiger partial charge in [0.05, 0.1) is 19.7 Å². The minimum absolute atomic E-state index is 0.291. The van der Waals surface area contributed by atoms with Gasteiger partial charge in [-0.1, -0.05) is 4.57 Å². The summed E-state index contributed by atoms with van der Waals surface area (Å²) >= 11 is 0. The molecule has 9 nitrogen and oxygen atoms in total. The van der Waals surface area contributed by atoms with E-state index < -0.39 is 26.4 Å². The normalized spacial score (nSPS) is 19.3. The molecule has 31 heavy (non-hydrogen) atoms. The number of carbonyl (C=O) groups excluding carboxylic acids is 2. The Morgan fingerprint density at radius 1 is 0.839 bits per heavy atom. The zero-order chi connectivity index (χ0) is 23.9. The van der Waals surface area contributed by atoms with Gasteiger partial charge in [-0.2, -0.15) is 0 Å². The first-order valence-corrected chi connectivity index (χ1v) is 14.4. The third kappa shape index (κ3) is 11.3. The lowest BCUT2D eigenvalue weighted by atomic mass is 10.2. The molecule has 2 heterocycles. The second kappa shape index (κ2) is 11.6. The lowest BCUT2D eigenvalue weighted by Crippen LogP contribution is -2.42. The quantitative estimate of drug-likeness (QED) is 0.531. The molecule has 2 rings (SSSR count). The molecule has 0 bridgehead atoms. The Morgan fingerprint density at radius 3 is 1.58 bits per heavy atom. The molecular formula is C20H39N2O7P2+. The molecule has 11 heteroatoms. The van der Waals surface area contributed by atoms with Crippen LogP contribution in [0.3, 0.4) is 0 Å². The second-order valence-electron chi connectivity index (χ2n) is 9.54. The number of ether oxygens (including phenoxy) is 2. The standard InChI is InChI=1S/C11H22NO4P.C9H17NO3P/c1-5-15-17(14)8-6-12(7-9-17)10(13)16-11(2,3)4;1-9(2,3)13-8(11)10-4-6-14(12)7-5-10/h5-9H2,1-4H3;4-7H2,1-3H3/q;+1. The van der Waals surface area contributed by atoms with Crippen molar-refractivity contribution in [2.75, 3.05) is 57.4 Å². The van der Waals surface area contributed by atoms with E-state index in [0.29, 0.717) is 57.4 Å². The summed E-state index contributed by atoms with van der Waals surface area (Å²) in [5.41, 5.74) is -0.936. The third-order valence-corrected chi connectivity index (χ3v) is 8.22. The van der Waals surface area contributed by atoms with Crippen molar-refractivity contribution in [1.29, 1.82) is 0 Å². The van der Waals surface area contributed by atoms with E-state index in [0.717, 1.165) is 0 Å². The van der Waals surface area contributed by atoms with Gasteiger partial charge >= 0.3 is 20.0 Å². The lowest BCUT2D eigenvalue weighted by Gasteiger charge is -2.33. The highest BCUT2D eigenvalue weighted by molar-refractivity contribution is 7.59.